The fraction of sp³-hybridized carbons (Fsp3) is 1.00. The molecule has 0 radical (unpaired) electrons. The minimum Gasteiger partial charge on any atom is -0.292 e. The van der Waals surface area contributed by atoms with Crippen molar-refractivity contribution in [3.63, 3.8) is 0 Å². The molecule has 1 rings (SSSR count). The average Bonchev–Trinajstić information content (AvgIpc) is 1.97. The Balaban J connectivity index is 2.40. The van der Waals surface area contributed by atoms with Gasteiger partial charge in [-0.1, -0.05) is 27.7 Å². The van der Waals surface area contributed by atoms with E-state index < -0.39 is 0 Å². The molecule has 92 valence electrons. The van der Waals surface area contributed by atoms with Crippen LogP contribution in [-0.2, 0) is 0 Å². The van der Waals surface area contributed by atoms with Crippen molar-refractivity contribution in [1.29, 1.82) is 0 Å². The highest BCUT2D eigenvalue weighted by Crippen LogP contribution is 2.37. The van der Waals surface area contributed by atoms with E-state index in [4.69, 9.17) is 0 Å². The second kappa shape index (κ2) is 5.58. The Labute approximate surface area is 99.0 Å². The second-order valence-corrected chi connectivity index (χ2v) is 8.56. The molecule has 0 N–H and O–H groups in total. The van der Waals surface area contributed by atoms with Crippen LogP contribution in [0.15, 0.2) is 0 Å². The molecule has 1 aliphatic heterocycles. The summed E-state index contributed by atoms with van der Waals surface area (Å²) in [6.45, 7) is 12.1. The zero-order valence-electron chi connectivity index (χ0n) is 11.3. The lowest BCUT2D eigenvalue weighted by atomic mass is 9.88. The summed E-state index contributed by atoms with van der Waals surface area (Å²) >= 11 is 0. The fourth-order valence-electron chi connectivity index (χ4n) is 2.32. The van der Waals surface area contributed by atoms with E-state index in [1.807, 2.05) is 0 Å². The van der Waals surface area contributed by atoms with E-state index in [1.165, 1.54) is 19.5 Å². The summed E-state index contributed by atoms with van der Waals surface area (Å²) in [4.78, 5) is 2.73. The molecule has 0 bridgehead atoms. The topological polar surface area (TPSA) is 3.24 Å². The maximum Gasteiger partial charge on any atom is 0.0378 e. The zero-order valence-corrected chi connectivity index (χ0v) is 12.2. The molecule has 1 heterocycles. The van der Waals surface area contributed by atoms with Crippen LogP contribution in [0.4, 0.5) is 0 Å². The fourth-order valence-corrected chi connectivity index (χ4v) is 4.01. The molecular formula is C13H29NS. The summed E-state index contributed by atoms with van der Waals surface area (Å²) < 4.78 is 0. The van der Waals surface area contributed by atoms with E-state index in [-0.39, 0.29) is 10.9 Å². The van der Waals surface area contributed by atoms with Gasteiger partial charge in [0.25, 0.3) is 0 Å². The summed E-state index contributed by atoms with van der Waals surface area (Å²) in [6.07, 6.45) is 6.26. The summed E-state index contributed by atoms with van der Waals surface area (Å²) in [5, 5.41) is 0.884. The Morgan fingerprint density at radius 1 is 1.13 bits per heavy atom. The van der Waals surface area contributed by atoms with Gasteiger partial charge in [-0.05, 0) is 36.7 Å². The van der Waals surface area contributed by atoms with Crippen molar-refractivity contribution in [3.05, 3.63) is 0 Å². The van der Waals surface area contributed by atoms with Crippen molar-refractivity contribution >= 4 is 10.9 Å². The second-order valence-electron chi connectivity index (χ2n) is 6.03. The van der Waals surface area contributed by atoms with Crippen molar-refractivity contribution in [2.24, 2.45) is 17.8 Å². The lowest BCUT2D eigenvalue weighted by Crippen LogP contribution is -2.53. The van der Waals surface area contributed by atoms with Gasteiger partial charge in [0.15, 0.2) is 0 Å². The number of thiol groups is 1. The SMILES string of the molecule is CC(C)C[C@H](N1CC(C(C)C)C1)[SH](C)C. The molecule has 1 saturated heterocycles. The first kappa shape index (κ1) is 13.4. The van der Waals surface area contributed by atoms with Gasteiger partial charge in [0.1, 0.15) is 0 Å². The number of hydrogen-bond acceptors (Lipinski definition) is 1. The highest BCUT2D eigenvalue weighted by atomic mass is 32.2. The Bertz CT molecular complexity index is 183. The van der Waals surface area contributed by atoms with Gasteiger partial charge in [0.2, 0.25) is 0 Å². The maximum atomic E-state index is 2.73. The molecule has 0 aromatic rings. The zero-order chi connectivity index (χ0) is 11.6. The van der Waals surface area contributed by atoms with Crippen molar-refractivity contribution in [2.45, 2.75) is 39.5 Å². The number of nitrogens with zero attached hydrogens (tertiary/aromatic N) is 1. The smallest absolute Gasteiger partial charge is 0.0378 e. The minimum atomic E-state index is 0.197. The third-order valence-corrected chi connectivity index (χ3v) is 5.31. The molecule has 0 aromatic carbocycles. The van der Waals surface area contributed by atoms with E-state index in [0.717, 1.165) is 23.1 Å². The van der Waals surface area contributed by atoms with Crippen LogP contribution in [0.5, 0.6) is 0 Å². The summed E-state index contributed by atoms with van der Waals surface area (Å²) in [5.74, 6) is 2.69. The van der Waals surface area contributed by atoms with E-state index >= 15 is 0 Å². The highest BCUT2D eigenvalue weighted by molar-refractivity contribution is 8.16. The monoisotopic (exact) mass is 231 g/mol. The van der Waals surface area contributed by atoms with Crippen LogP contribution >= 0.6 is 10.9 Å². The van der Waals surface area contributed by atoms with Gasteiger partial charge in [-0.2, -0.15) is 0 Å². The van der Waals surface area contributed by atoms with Gasteiger partial charge >= 0.3 is 0 Å². The molecule has 1 nitrogen and oxygen atoms in total. The van der Waals surface area contributed by atoms with Crippen molar-refractivity contribution < 1.29 is 0 Å². The molecule has 1 fully saturated rings. The van der Waals surface area contributed by atoms with Crippen molar-refractivity contribution in [1.82, 2.24) is 4.90 Å². The van der Waals surface area contributed by atoms with E-state index in [1.54, 1.807) is 0 Å². The molecule has 2 heteroatoms. The first-order valence-corrected chi connectivity index (χ1v) is 8.62. The third kappa shape index (κ3) is 3.67. The molecular weight excluding hydrogens is 202 g/mol. The van der Waals surface area contributed by atoms with Gasteiger partial charge < -0.3 is 0 Å². The summed E-state index contributed by atoms with van der Waals surface area (Å²) in [6, 6.07) is 0. The molecule has 0 aliphatic carbocycles. The first-order chi connectivity index (χ1) is 6.91. The minimum absolute atomic E-state index is 0.197. The maximum absolute atomic E-state index is 2.73. The Morgan fingerprint density at radius 2 is 1.67 bits per heavy atom. The number of likely N-dealkylation sites (tertiary alicyclic amines) is 1. The third-order valence-electron chi connectivity index (χ3n) is 3.58. The van der Waals surface area contributed by atoms with Gasteiger partial charge in [-0.3, -0.25) is 4.90 Å². The van der Waals surface area contributed by atoms with Crippen LogP contribution in [0.2, 0.25) is 0 Å². The summed E-state index contributed by atoms with van der Waals surface area (Å²) in [7, 11) is 0.197. The lowest BCUT2D eigenvalue weighted by Gasteiger charge is -2.49. The standard InChI is InChI=1S/C13H29NS/c1-10(2)7-13(15(5)6)14-8-12(9-14)11(3)4/h10-13,15H,7-9H2,1-6H3/t13-/m1/s1. The van der Waals surface area contributed by atoms with Gasteiger partial charge in [-0.25, -0.2) is 10.9 Å². The van der Waals surface area contributed by atoms with E-state index in [9.17, 15) is 0 Å². The Hall–Kier alpha value is 0.310. The van der Waals surface area contributed by atoms with Crippen LogP contribution in [0, 0.1) is 17.8 Å². The van der Waals surface area contributed by atoms with Crippen LogP contribution < -0.4 is 0 Å². The van der Waals surface area contributed by atoms with Crippen LogP contribution in [0.25, 0.3) is 0 Å². The lowest BCUT2D eigenvalue weighted by molar-refractivity contribution is 0.0514. The quantitative estimate of drug-likeness (QED) is 0.711. The normalized spacial score (nSPS) is 22.0. The predicted molar refractivity (Wildman–Crippen MR) is 74.0 cm³/mol. The molecule has 0 aromatic heterocycles. The molecule has 1 atom stereocenters. The van der Waals surface area contributed by atoms with Crippen LogP contribution in [0.1, 0.15) is 34.1 Å². The molecule has 0 saturated carbocycles. The Morgan fingerprint density at radius 3 is 2.00 bits per heavy atom. The largest absolute Gasteiger partial charge is 0.292 e. The summed E-state index contributed by atoms with van der Waals surface area (Å²) in [5.41, 5.74) is 0. The molecule has 15 heavy (non-hydrogen) atoms. The van der Waals surface area contributed by atoms with Crippen LogP contribution in [0.3, 0.4) is 0 Å². The molecule has 0 amide bonds. The van der Waals surface area contributed by atoms with Gasteiger partial charge in [0, 0.05) is 18.5 Å². The first-order valence-electron chi connectivity index (χ1n) is 6.32. The molecule has 0 unspecified atom stereocenters. The highest BCUT2D eigenvalue weighted by Gasteiger charge is 2.34. The van der Waals surface area contributed by atoms with Crippen molar-refractivity contribution in [2.75, 3.05) is 25.6 Å². The van der Waals surface area contributed by atoms with E-state index in [0.29, 0.717) is 0 Å². The number of hydrogen-bond donors (Lipinski definition) is 1. The average molecular weight is 231 g/mol. The predicted octanol–water partition coefficient (Wildman–Crippen LogP) is 3.21. The molecule has 1 aliphatic rings. The van der Waals surface area contributed by atoms with Gasteiger partial charge in [-0.15, -0.1) is 0 Å². The van der Waals surface area contributed by atoms with Gasteiger partial charge in [0.05, 0.1) is 0 Å². The number of rotatable bonds is 5. The van der Waals surface area contributed by atoms with Crippen LogP contribution in [-0.4, -0.2) is 35.9 Å². The van der Waals surface area contributed by atoms with E-state index in [2.05, 4.69) is 45.1 Å². The van der Waals surface area contributed by atoms with Crippen molar-refractivity contribution in [3.8, 4) is 0 Å². The Kier molecular flexibility index (Phi) is 4.98. The molecule has 0 spiro atoms.